The van der Waals surface area contributed by atoms with Crippen LogP contribution in [0.4, 0.5) is 17.1 Å². The van der Waals surface area contributed by atoms with Gasteiger partial charge in [-0.1, -0.05) is 212 Å². The summed E-state index contributed by atoms with van der Waals surface area (Å²) < 4.78 is 11.8. The molecule has 1 unspecified atom stereocenters. The second-order valence-corrected chi connectivity index (χ2v) is 25.5. The third-order valence-corrected chi connectivity index (χ3v) is 19.6. The Hall–Kier alpha value is -12.4. The second kappa shape index (κ2) is 25.0. The van der Waals surface area contributed by atoms with Crippen LogP contribution >= 0.6 is 9.24 Å². The fraction of sp³-hybridized carbons (Fsp3) is 0.0110. The zero-order chi connectivity index (χ0) is 65.9. The lowest BCUT2D eigenvalue weighted by molar-refractivity contribution is 1.16. The molecule has 6 nitrogen and oxygen atoms in total. The van der Waals surface area contributed by atoms with Crippen LogP contribution in [0.1, 0.15) is 0 Å². The third-order valence-electron chi connectivity index (χ3n) is 19.6. The zero-order valence-electron chi connectivity index (χ0n) is 54.2. The van der Waals surface area contributed by atoms with Crippen LogP contribution in [0, 0.1) is 0 Å². The number of benzene rings is 15. The van der Waals surface area contributed by atoms with Gasteiger partial charge in [0.1, 0.15) is 0 Å². The smallest absolute Gasteiger partial charge is 0.0709 e. The molecule has 0 amide bonds. The van der Waals surface area contributed by atoms with Gasteiger partial charge in [-0.3, -0.25) is 0 Å². The van der Waals surface area contributed by atoms with Gasteiger partial charge in [-0.25, -0.2) is 0 Å². The Labute approximate surface area is 576 Å². The second-order valence-electron chi connectivity index (χ2n) is 25.1. The molecule has 0 aliphatic heterocycles. The Balaban J connectivity index is 0.000000149. The number of fused-ring (bicyclic) bond motifs is 15. The fourth-order valence-electron chi connectivity index (χ4n) is 15.3. The van der Waals surface area contributed by atoms with E-state index in [4.69, 9.17) is 7.85 Å². The van der Waals surface area contributed by atoms with Gasteiger partial charge in [-0.15, -0.1) is 9.24 Å². The van der Waals surface area contributed by atoms with Gasteiger partial charge in [0.25, 0.3) is 0 Å². The van der Waals surface area contributed by atoms with Crippen molar-refractivity contribution in [2.24, 2.45) is 0 Å². The monoisotopic (exact) mass is 1280 g/mol. The summed E-state index contributed by atoms with van der Waals surface area (Å²) in [6.07, 6.45) is 0. The van der Waals surface area contributed by atoms with Crippen LogP contribution in [0.5, 0.6) is 0 Å². The molecule has 466 valence electrons. The van der Waals surface area contributed by atoms with Gasteiger partial charge in [0, 0.05) is 99.4 Å². The van der Waals surface area contributed by atoms with Crippen molar-refractivity contribution in [3.05, 3.63) is 364 Å². The summed E-state index contributed by atoms with van der Waals surface area (Å²) in [4.78, 5) is 2.36. The molecule has 0 aliphatic carbocycles. The number of hydrogen-bond acceptors (Lipinski definition) is 1. The quantitative estimate of drug-likeness (QED) is 0.105. The average molecular weight is 1280 g/mol. The van der Waals surface area contributed by atoms with E-state index in [0.717, 1.165) is 34.1 Å². The lowest BCUT2D eigenvalue weighted by Crippen LogP contribution is -2.10. The maximum atomic E-state index is 4.81. The van der Waals surface area contributed by atoms with Crippen LogP contribution in [0.3, 0.4) is 0 Å². The Bertz CT molecular complexity index is 5600. The molecule has 1 atom stereocenters. The minimum Gasteiger partial charge on any atom is -0.310 e. The lowest BCUT2D eigenvalue weighted by atomic mass is 10.0. The standard InChI is InChI=1S/C54H36N4.C36H24N2.CH4BP/c1-7-19-49-43(13-1)44-14-2-8-20-50(44)56(49)40-31-25-37(26-32-40)55(38-27-33-41(34-28-38)57-51-21-9-3-15-45(51)46-16-4-10-22-52(46)57)39-29-35-42(36-30-39)58-53-23-11-5-17-47(53)48-18-6-12-24-54(48)58;1-5-13-33-29(9-1)30-10-2-6-14-34(30)37(33)27-21-17-25(18-22-27)26-19-23-28(24-20-26)38-35-15-7-3-11-31(35)32-12-4-8-16-36(32)38;2-1-3/h1-36H;1-24H;1,3H2. The number of aromatic nitrogens is 5. The number of hydrogen-bond donors (Lipinski definition) is 0. The molecule has 20 rings (SSSR count). The van der Waals surface area contributed by atoms with Crippen molar-refractivity contribution >= 4 is 143 Å². The molecular weight excluding hydrogens is 1220 g/mol. The molecule has 0 N–H and O–H groups in total. The van der Waals surface area contributed by atoms with Gasteiger partial charge in [-0.2, -0.15) is 0 Å². The van der Waals surface area contributed by atoms with Crippen LogP contribution in [0.2, 0.25) is 0 Å². The first-order valence-corrected chi connectivity index (χ1v) is 34.5. The van der Waals surface area contributed by atoms with E-state index in [-0.39, 0.29) is 0 Å². The predicted octanol–water partition coefficient (Wildman–Crippen LogP) is 24.0. The Morgan fingerprint density at radius 3 is 0.475 bits per heavy atom. The molecule has 0 bridgehead atoms. The summed E-state index contributed by atoms with van der Waals surface area (Å²) in [5.74, 6) is 0. The van der Waals surface area contributed by atoms with Crippen molar-refractivity contribution in [1.29, 1.82) is 0 Å². The van der Waals surface area contributed by atoms with E-state index < -0.39 is 0 Å². The number of para-hydroxylation sites is 10. The maximum absolute atomic E-state index is 4.81. The van der Waals surface area contributed by atoms with Gasteiger partial charge in [-0.05, 0) is 169 Å². The van der Waals surface area contributed by atoms with Crippen molar-refractivity contribution in [3.8, 4) is 39.6 Å². The minimum atomic E-state index is 0.667. The molecule has 15 aromatic carbocycles. The van der Waals surface area contributed by atoms with Gasteiger partial charge >= 0.3 is 0 Å². The van der Waals surface area contributed by atoms with Crippen LogP contribution in [0.25, 0.3) is 149 Å². The Morgan fingerprint density at radius 1 is 0.192 bits per heavy atom. The summed E-state index contributed by atoms with van der Waals surface area (Å²) in [7, 11) is 7.17. The predicted molar refractivity (Wildman–Crippen MR) is 425 cm³/mol. The normalized spacial score (nSPS) is 11.6. The first-order valence-electron chi connectivity index (χ1n) is 33.7. The van der Waals surface area contributed by atoms with Crippen LogP contribution in [0.15, 0.2) is 364 Å². The van der Waals surface area contributed by atoms with Crippen molar-refractivity contribution in [2.45, 2.75) is 0 Å². The summed E-state index contributed by atoms with van der Waals surface area (Å²) in [5.41, 5.74) is 23.6. The van der Waals surface area contributed by atoms with E-state index >= 15 is 0 Å². The number of nitrogens with zero attached hydrogens (tertiary/aromatic N) is 6. The van der Waals surface area contributed by atoms with E-state index in [1.54, 1.807) is 0 Å². The highest BCUT2D eigenvalue weighted by Gasteiger charge is 2.20. The minimum absolute atomic E-state index is 0.667. The highest BCUT2D eigenvalue weighted by atomic mass is 31.0. The van der Waals surface area contributed by atoms with E-state index in [1.165, 1.54) is 132 Å². The maximum Gasteiger partial charge on any atom is 0.0709 e. The molecule has 8 heteroatoms. The van der Waals surface area contributed by atoms with Crippen LogP contribution in [-0.4, -0.2) is 36.7 Å². The Kier molecular flexibility index (Phi) is 14.9. The molecule has 0 saturated carbocycles. The zero-order valence-corrected chi connectivity index (χ0v) is 55.3. The van der Waals surface area contributed by atoms with Crippen LogP contribution in [-0.2, 0) is 0 Å². The lowest BCUT2D eigenvalue weighted by Gasteiger charge is -2.26. The largest absolute Gasteiger partial charge is 0.310 e. The third kappa shape index (κ3) is 10.1. The van der Waals surface area contributed by atoms with Gasteiger partial charge < -0.3 is 27.7 Å². The van der Waals surface area contributed by atoms with E-state index in [2.05, 4.69) is 401 Å². The highest BCUT2D eigenvalue weighted by Crippen LogP contribution is 2.42. The molecule has 99 heavy (non-hydrogen) atoms. The van der Waals surface area contributed by atoms with Crippen molar-refractivity contribution in [2.75, 3.05) is 11.0 Å². The van der Waals surface area contributed by atoms with Crippen molar-refractivity contribution in [3.63, 3.8) is 0 Å². The molecule has 0 aliphatic rings. The molecule has 2 radical (unpaired) electrons. The molecule has 5 heterocycles. The SMILES string of the molecule is [B]CP.c1ccc2c(c1)c1ccccc1n2-c1ccc(-c2ccc(-n3c4ccccc4c4ccccc43)cc2)cc1.c1ccc2c(c1)c1ccccc1n2-c1ccc(N(c2ccc(-n3c4ccccc4c4ccccc43)cc2)c2ccc(-n3c4ccccc4c4ccccc43)cc2)cc1. The van der Waals surface area contributed by atoms with Crippen molar-refractivity contribution in [1.82, 2.24) is 22.8 Å². The number of anilines is 3. The molecule has 0 saturated heterocycles. The molecule has 20 aromatic rings. The molecule has 0 spiro atoms. The van der Waals surface area contributed by atoms with Crippen LogP contribution < -0.4 is 4.90 Å². The molecular formula is C91H64BN6P. The van der Waals surface area contributed by atoms with Gasteiger partial charge in [0.05, 0.1) is 63.0 Å². The summed E-state index contributed by atoms with van der Waals surface area (Å²) in [6, 6.07) is 132. The van der Waals surface area contributed by atoms with E-state index in [9.17, 15) is 0 Å². The highest BCUT2D eigenvalue weighted by molar-refractivity contribution is 7.19. The van der Waals surface area contributed by atoms with Gasteiger partial charge in [0.15, 0.2) is 0 Å². The average Bonchev–Trinajstić information content (AvgIpc) is 1.74. The first-order chi connectivity index (χ1) is 49.1. The van der Waals surface area contributed by atoms with E-state index in [1.807, 2.05) is 0 Å². The topological polar surface area (TPSA) is 27.9 Å². The molecule has 0 fully saturated rings. The van der Waals surface area contributed by atoms with Crippen molar-refractivity contribution < 1.29 is 0 Å². The van der Waals surface area contributed by atoms with Gasteiger partial charge in [0.2, 0.25) is 0 Å². The number of rotatable bonds is 9. The summed E-state index contributed by atoms with van der Waals surface area (Å²) >= 11 is 0. The first kappa shape index (κ1) is 59.1. The fourth-order valence-corrected chi connectivity index (χ4v) is 15.3. The molecule has 5 aromatic heterocycles. The summed E-state index contributed by atoms with van der Waals surface area (Å²) in [5, 5.41) is 12.7. The Morgan fingerprint density at radius 2 is 0.323 bits per heavy atom. The summed E-state index contributed by atoms with van der Waals surface area (Å²) in [6.45, 7) is 0. The van der Waals surface area contributed by atoms with E-state index in [0.29, 0.717) is 6.06 Å².